The summed E-state index contributed by atoms with van der Waals surface area (Å²) in [5.74, 6) is 0. The molecule has 0 saturated heterocycles. The Kier molecular flexibility index (Phi) is 3.89. The van der Waals surface area contributed by atoms with Gasteiger partial charge >= 0.3 is 68.8 Å². The van der Waals surface area contributed by atoms with Crippen LogP contribution in [0.3, 0.4) is 0 Å². The zero-order valence-corrected chi connectivity index (χ0v) is 10.2. The van der Waals surface area contributed by atoms with Crippen molar-refractivity contribution in [1.82, 2.24) is 0 Å². The molecule has 0 spiro atoms. The third-order valence-electron chi connectivity index (χ3n) is 0.705. The Balaban J connectivity index is 3.89. The Labute approximate surface area is 68.8 Å². The van der Waals surface area contributed by atoms with E-state index >= 15 is 0 Å². The second-order valence-corrected chi connectivity index (χ2v) is 12.6. The Morgan fingerprint density at radius 1 is 1.20 bits per heavy atom. The van der Waals surface area contributed by atoms with Crippen molar-refractivity contribution in [2.75, 3.05) is 7.11 Å². The number of rotatable bonds is 3. The molecule has 0 aliphatic carbocycles. The second kappa shape index (κ2) is 3.56. The van der Waals surface area contributed by atoms with E-state index < -0.39 is 30.3 Å². The van der Waals surface area contributed by atoms with Crippen molar-refractivity contribution in [3.63, 3.8) is 0 Å². The molecule has 6 heteroatoms. The molecule has 0 rings (SSSR count). The minimum atomic E-state index is -4.44. The van der Waals surface area contributed by atoms with E-state index in [2.05, 4.69) is 2.81 Å². The fourth-order valence-electron chi connectivity index (χ4n) is 0.441. The van der Waals surface area contributed by atoms with E-state index in [1.54, 1.807) is 0 Å². The predicted octanol–water partition coefficient (Wildman–Crippen LogP) is 0.283. The quantitative estimate of drug-likeness (QED) is 0.702. The Bertz CT molecular complexity index is 110. The maximum atomic E-state index is 9.01. The van der Waals surface area contributed by atoms with E-state index in [0.717, 1.165) is 0 Å². The van der Waals surface area contributed by atoms with E-state index in [0.29, 0.717) is 0 Å². The third kappa shape index (κ3) is 5.70. The SMILES string of the molecule is C[O][Zr]([OH])([OH])[O][Si](C)(C)C. The monoisotopic (exact) mass is 244 g/mol. The molecule has 2 N–H and O–H groups in total. The van der Waals surface area contributed by atoms with Crippen molar-refractivity contribution in [2.45, 2.75) is 19.6 Å². The average Bonchev–Trinajstić information content (AvgIpc) is 1.60. The Morgan fingerprint density at radius 2 is 1.60 bits per heavy atom. The standard InChI is InChI=1S/C3H9OSi.CH3O.2H2O.Zr/c1-5(2,3)4;1-2;;;/h1-3H3;1H3;2*1H2;/q2*-1;;;+4/p-2. The molecule has 0 amide bonds. The molecule has 0 aromatic carbocycles. The van der Waals surface area contributed by atoms with Crippen molar-refractivity contribution < 1.29 is 33.7 Å². The van der Waals surface area contributed by atoms with Crippen LogP contribution < -0.4 is 0 Å². The van der Waals surface area contributed by atoms with Crippen LogP contribution in [0.1, 0.15) is 0 Å². The average molecular weight is 245 g/mol. The van der Waals surface area contributed by atoms with Gasteiger partial charge < -0.3 is 0 Å². The van der Waals surface area contributed by atoms with Gasteiger partial charge in [-0.05, 0) is 0 Å². The van der Waals surface area contributed by atoms with Crippen molar-refractivity contribution in [3.05, 3.63) is 0 Å². The van der Waals surface area contributed by atoms with Crippen LogP contribution >= 0.6 is 0 Å². The molecule has 0 fully saturated rings. The van der Waals surface area contributed by atoms with E-state index in [1.165, 1.54) is 7.11 Å². The number of hydrogen-bond acceptors (Lipinski definition) is 4. The Hall–Kier alpha value is 0.940. The second-order valence-electron chi connectivity index (χ2n) is 2.97. The molecule has 0 aromatic rings. The van der Waals surface area contributed by atoms with Crippen LogP contribution in [0.15, 0.2) is 0 Å². The number of hydrogen-bond donors (Lipinski definition) is 2. The summed E-state index contributed by atoms with van der Waals surface area (Å²) in [5, 5.41) is 0. The van der Waals surface area contributed by atoms with Crippen LogP contribution in [0.2, 0.25) is 19.6 Å². The summed E-state index contributed by atoms with van der Waals surface area (Å²) in [6.07, 6.45) is 0. The molecule has 10 heavy (non-hydrogen) atoms. The third-order valence-corrected chi connectivity index (χ3v) is 9.37. The van der Waals surface area contributed by atoms with Crippen LogP contribution in [0.4, 0.5) is 0 Å². The van der Waals surface area contributed by atoms with E-state index in [4.69, 9.17) is 8.87 Å². The van der Waals surface area contributed by atoms with E-state index in [9.17, 15) is 0 Å². The first kappa shape index (κ1) is 10.9. The fraction of sp³-hybridized carbons (Fsp3) is 1.00. The van der Waals surface area contributed by atoms with Crippen molar-refractivity contribution in [2.24, 2.45) is 0 Å². The topological polar surface area (TPSA) is 58.9 Å². The molecule has 4 nitrogen and oxygen atoms in total. The summed E-state index contributed by atoms with van der Waals surface area (Å²) >= 11 is -4.44. The van der Waals surface area contributed by atoms with Gasteiger partial charge in [-0.15, -0.1) is 0 Å². The molecule has 0 unspecified atom stereocenters. The zero-order valence-electron chi connectivity index (χ0n) is 6.71. The van der Waals surface area contributed by atoms with Gasteiger partial charge in [0.05, 0.1) is 0 Å². The zero-order chi connectivity index (χ0) is 8.41. The minimum absolute atomic E-state index is 1.26. The van der Waals surface area contributed by atoms with Gasteiger partial charge in [0.1, 0.15) is 0 Å². The molecule has 0 bridgehead atoms. The van der Waals surface area contributed by atoms with E-state index in [1.807, 2.05) is 19.6 Å². The van der Waals surface area contributed by atoms with Gasteiger partial charge in [0, 0.05) is 0 Å². The Morgan fingerprint density at radius 3 is 1.70 bits per heavy atom. The molecular weight excluding hydrogens is 231 g/mol. The summed E-state index contributed by atoms with van der Waals surface area (Å²) in [4.78, 5) is 0. The normalized spacial score (nSPS) is 13.8. The summed E-state index contributed by atoms with van der Waals surface area (Å²) in [5.41, 5.74) is 0. The van der Waals surface area contributed by atoms with Crippen LogP contribution in [0.25, 0.3) is 0 Å². The van der Waals surface area contributed by atoms with Gasteiger partial charge in [-0.2, -0.15) is 0 Å². The van der Waals surface area contributed by atoms with Gasteiger partial charge in [0.25, 0.3) is 0 Å². The summed E-state index contributed by atoms with van der Waals surface area (Å²) in [6, 6.07) is 0. The molecule has 0 aliphatic rings. The molecule has 0 atom stereocenters. The van der Waals surface area contributed by atoms with Crippen LogP contribution in [0, 0.1) is 0 Å². The van der Waals surface area contributed by atoms with Crippen molar-refractivity contribution in [3.8, 4) is 0 Å². The first-order valence-corrected chi connectivity index (χ1v) is 10.6. The maximum absolute atomic E-state index is 9.01. The summed E-state index contributed by atoms with van der Waals surface area (Å²) in [7, 11) is -0.585. The van der Waals surface area contributed by atoms with Crippen LogP contribution in [-0.2, 0) is 27.3 Å². The van der Waals surface area contributed by atoms with Gasteiger partial charge in [-0.3, -0.25) is 0 Å². The molecule has 0 aromatic heterocycles. The predicted molar refractivity (Wildman–Crippen MR) is 35.9 cm³/mol. The van der Waals surface area contributed by atoms with Gasteiger partial charge in [-0.1, -0.05) is 0 Å². The first-order valence-electron chi connectivity index (χ1n) is 2.97. The fourth-order valence-corrected chi connectivity index (χ4v) is 7.82. The van der Waals surface area contributed by atoms with Crippen molar-refractivity contribution >= 4 is 8.32 Å². The van der Waals surface area contributed by atoms with Crippen molar-refractivity contribution in [1.29, 1.82) is 0 Å². The van der Waals surface area contributed by atoms with Gasteiger partial charge in [-0.25, -0.2) is 0 Å². The summed E-state index contributed by atoms with van der Waals surface area (Å²) in [6.45, 7) is 5.64. The molecule has 0 aliphatic heterocycles. The molecular formula is C4H14O4SiZr. The molecule has 0 heterocycles. The van der Waals surface area contributed by atoms with Gasteiger partial charge in [0.15, 0.2) is 0 Å². The molecule has 0 saturated carbocycles. The van der Waals surface area contributed by atoms with E-state index in [-0.39, 0.29) is 0 Å². The van der Waals surface area contributed by atoms with Crippen LogP contribution in [0.5, 0.6) is 0 Å². The molecule has 62 valence electrons. The summed E-state index contributed by atoms with van der Waals surface area (Å²) < 4.78 is 27.5. The first-order chi connectivity index (χ1) is 4.27. The molecule has 0 radical (unpaired) electrons. The van der Waals surface area contributed by atoms with Gasteiger partial charge in [0.2, 0.25) is 0 Å². The van der Waals surface area contributed by atoms with Crippen LogP contribution in [-0.4, -0.2) is 21.8 Å².